The van der Waals surface area contributed by atoms with Crippen molar-refractivity contribution in [2.24, 2.45) is 22.9 Å². The van der Waals surface area contributed by atoms with Gasteiger partial charge in [0.25, 0.3) is 0 Å². The second-order valence-electron chi connectivity index (χ2n) is 13.8. The summed E-state index contributed by atoms with van der Waals surface area (Å²) in [5.74, 6) is -4.91. The standard InChI is InChI=1S/C34H62N10O9/c1-21(38)28(46)39-22(10-2-5-15-35)30(48)42-25(20-45)33(51)43-18-8-13-26(43)31(49)40-23(11-3-6-16-36)29(47)41-24(12-4-7-17-37)32(50)44-19-9-14-27(44)34(52)53/h21-27,45H,2-20,35-38H2,1H3,(H,39,46)(H,40,49)(H,41,47)(H,42,48)(H,52,53)/t21-,22-,23-,24-,25-,26-,27-/m0/s1. The summed E-state index contributed by atoms with van der Waals surface area (Å²) < 4.78 is 0. The minimum atomic E-state index is -1.43. The Hall–Kier alpha value is -3.91. The normalized spacial score (nSPS) is 19.8. The molecule has 2 aliphatic heterocycles. The van der Waals surface area contributed by atoms with E-state index in [4.69, 9.17) is 22.9 Å². The van der Waals surface area contributed by atoms with E-state index in [2.05, 4.69) is 21.3 Å². The first-order valence-electron chi connectivity index (χ1n) is 18.8. The first kappa shape index (κ1) is 45.2. The number of carboxylic acid groups (broad SMARTS) is 1. The van der Waals surface area contributed by atoms with Crippen molar-refractivity contribution in [1.82, 2.24) is 31.1 Å². The van der Waals surface area contributed by atoms with Gasteiger partial charge in [-0.15, -0.1) is 0 Å². The zero-order chi connectivity index (χ0) is 39.5. The topological polar surface area (TPSA) is 319 Å². The fourth-order valence-corrected chi connectivity index (χ4v) is 6.57. The molecule has 19 heteroatoms. The van der Waals surface area contributed by atoms with Gasteiger partial charge in [0, 0.05) is 13.1 Å². The van der Waals surface area contributed by atoms with Crippen molar-refractivity contribution >= 4 is 41.4 Å². The van der Waals surface area contributed by atoms with Crippen molar-refractivity contribution in [2.45, 2.75) is 133 Å². The monoisotopic (exact) mass is 754 g/mol. The Bertz CT molecular complexity index is 1240. The molecule has 53 heavy (non-hydrogen) atoms. The van der Waals surface area contributed by atoms with Gasteiger partial charge in [0.2, 0.25) is 35.4 Å². The van der Waals surface area contributed by atoms with Crippen molar-refractivity contribution in [2.75, 3.05) is 39.3 Å². The quantitative estimate of drug-likeness (QED) is 0.0433. The van der Waals surface area contributed by atoms with Gasteiger partial charge in [-0.3, -0.25) is 28.8 Å². The molecular formula is C34H62N10O9. The Morgan fingerprint density at radius 3 is 1.51 bits per heavy atom. The number of unbranched alkanes of at least 4 members (excludes halogenated alkanes) is 3. The highest BCUT2D eigenvalue weighted by Gasteiger charge is 2.41. The number of carbonyl (C=O) groups excluding carboxylic acids is 6. The Balaban J connectivity index is 2.21. The molecule has 2 saturated heterocycles. The largest absolute Gasteiger partial charge is 0.480 e. The van der Waals surface area contributed by atoms with Crippen LogP contribution in [0.1, 0.15) is 90.4 Å². The Morgan fingerprint density at radius 1 is 0.623 bits per heavy atom. The van der Waals surface area contributed by atoms with Crippen LogP contribution in [0, 0.1) is 0 Å². The summed E-state index contributed by atoms with van der Waals surface area (Å²) in [6, 6.07) is -7.54. The van der Waals surface area contributed by atoms with Crippen molar-refractivity contribution in [3.05, 3.63) is 0 Å². The molecule has 2 rings (SSSR count). The van der Waals surface area contributed by atoms with Crippen LogP contribution in [0.3, 0.4) is 0 Å². The Morgan fingerprint density at radius 2 is 1.04 bits per heavy atom. The number of hydrogen-bond acceptors (Lipinski definition) is 12. The molecule has 0 saturated carbocycles. The average molecular weight is 755 g/mol. The molecule has 302 valence electrons. The van der Waals surface area contributed by atoms with E-state index in [0.29, 0.717) is 77.4 Å². The molecule has 0 unspecified atom stereocenters. The molecule has 2 heterocycles. The van der Waals surface area contributed by atoms with Crippen molar-refractivity contribution in [1.29, 1.82) is 0 Å². The van der Waals surface area contributed by atoms with Gasteiger partial charge in [-0.1, -0.05) is 0 Å². The van der Waals surface area contributed by atoms with Crippen LogP contribution in [0.5, 0.6) is 0 Å². The molecule has 0 aromatic carbocycles. The number of nitrogens with zero attached hydrogens (tertiary/aromatic N) is 2. The second kappa shape index (κ2) is 23.7. The maximum atomic E-state index is 13.8. The predicted molar refractivity (Wildman–Crippen MR) is 194 cm³/mol. The van der Waals surface area contributed by atoms with E-state index in [1.54, 1.807) is 0 Å². The molecule has 2 fully saturated rings. The molecule has 0 aromatic rings. The SMILES string of the molecule is C[C@H](N)C(=O)N[C@@H](CCCCN)C(=O)N[C@@H](CO)C(=O)N1CCC[C@H]1C(=O)N[C@@H](CCCCN)C(=O)N[C@@H](CCCCN)C(=O)N1CCC[C@H]1C(=O)O. The smallest absolute Gasteiger partial charge is 0.326 e. The zero-order valence-corrected chi connectivity index (χ0v) is 30.9. The minimum Gasteiger partial charge on any atom is -0.480 e. The lowest BCUT2D eigenvalue weighted by Gasteiger charge is -2.31. The average Bonchev–Trinajstić information content (AvgIpc) is 3.83. The van der Waals surface area contributed by atoms with E-state index in [1.807, 2.05) is 0 Å². The lowest BCUT2D eigenvalue weighted by Crippen LogP contribution is -2.60. The van der Waals surface area contributed by atoms with E-state index >= 15 is 0 Å². The number of nitrogens with one attached hydrogen (secondary N) is 4. The van der Waals surface area contributed by atoms with Crippen molar-refractivity contribution in [3.8, 4) is 0 Å². The number of carbonyl (C=O) groups is 7. The van der Waals surface area contributed by atoms with Gasteiger partial charge in [0.15, 0.2) is 0 Å². The van der Waals surface area contributed by atoms with Crippen molar-refractivity contribution < 1.29 is 43.8 Å². The van der Waals surface area contributed by atoms with Gasteiger partial charge in [-0.05, 0) is 110 Å². The Labute approximate surface area is 311 Å². The number of carboxylic acids is 1. The maximum Gasteiger partial charge on any atom is 0.326 e. The summed E-state index contributed by atoms with van der Waals surface area (Å²) in [5.41, 5.74) is 22.6. The molecule has 14 N–H and O–H groups in total. The first-order chi connectivity index (χ1) is 25.3. The van der Waals surface area contributed by atoms with Gasteiger partial charge in [0.1, 0.15) is 36.3 Å². The summed E-state index contributed by atoms with van der Waals surface area (Å²) in [7, 11) is 0. The van der Waals surface area contributed by atoms with E-state index < -0.39 is 90.3 Å². The van der Waals surface area contributed by atoms with Crippen LogP contribution in [0.25, 0.3) is 0 Å². The lowest BCUT2D eigenvalue weighted by molar-refractivity contribution is -0.149. The van der Waals surface area contributed by atoms with Gasteiger partial charge in [0.05, 0.1) is 12.6 Å². The Kier molecular flexibility index (Phi) is 20.2. The molecule has 2 aliphatic rings. The van der Waals surface area contributed by atoms with E-state index in [9.17, 15) is 43.8 Å². The van der Waals surface area contributed by atoms with Crippen LogP contribution in [0.15, 0.2) is 0 Å². The summed E-state index contributed by atoms with van der Waals surface area (Å²) in [4.78, 5) is 94.6. The van der Waals surface area contributed by atoms with Crippen LogP contribution in [0.2, 0.25) is 0 Å². The van der Waals surface area contributed by atoms with Crippen LogP contribution < -0.4 is 44.2 Å². The van der Waals surface area contributed by atoms with Crippen LogP contribution in [-0.4, -0.2) is 143 Å². The number of amides is 6. The highest BCUT2D eigenvalue weighted by Crippen LogP contribution is 2.21. The number of aliphatic carboxylic acids is 1. The van der Waals surface area contributed by atoms with Gasteiger partial charge in [-0.25, -0.2) is 4.79 Å². The molecule has 0 bridgehead atoms. The molecule has 6 amide bonds. The molecule has 0 spiro atoms. The minimum absolute atomic E-state index is 0.146. The summed E-state index contributed by atoms with van der Waals surface area (Å²) >= 11 is 0. The number of rotatable bonds is 24. The number of nitrogens with two attached hydrogens (primary N) is 4. The van der Waals surface area contributed by atoms with E-state index in [-0.39, 0.29) is 38.8 Å². The number of aliphatic hydroxyl groups excluding tert-OH is 1. The third-order valence-electron chi connectivity index (χ3n) is 9.59. The first-order valence-corrected chi connectivity index (χ1v) is 18.8. The van der Waals surface area contributed by atoms with Crippen LogP contribution in [-0.2, 0) is 33.6 Å². The summed E-state index contributed by atoms with van der Waals surface area (Å²) in [6.45, 7) is 2.15. The summed E-state index contributed by atoms with van der Waals surface area (Å²) in [5, 5.41) is 30.3. The number of aliphatic hydroxyl groups is 1. The zero-order valence-electron chi connectivity index (χ0n) is 30.9. The number of likely N-dealkylation sites (tertiary alicyclic amines) is 2. The van der Waals surface area contributed by atoms with Gasteiger partial charge < -0.3 is 64.2 Å². The second-order valence-corrected chi connectivity index (χ2v) is 13.8. The lowest BCUT2D eigenvalue weighted by atomic mass is 10.0. The van der Waals surface area contributed by atoms with Crippen LogP contribution >= 0.6 is 0 Å². The molecular weight excluding hydrogens is 692 g/mol. The predicted octanol–water partition coefficient (Wildman–Crippen LogP) is -3.28. The van der Waals surface area contributed by atoms with E-state index in [1.165, 1.54) is 16.7 Å². The van der Waals surface area contributed by atoms with Gasteiger partial charge >= 0.3 is 5.97 Å². The molecule has 0 aliphatic carbocycles. The molecule has 19 nitrogen and oxygen atoms in total. The number of hydrogen-bond donors (Lipinski definition) is 10. The van der Waals surface area contributed by atoms with Gasteiger partial charge in [-0.2, -0.15) is 0 Å². The van der Waals surface area contributed by atoms with E-state index in [0.717, 1.165) is 0 Å². The van der Waals surface area contributed by atoms with Crippen molar-refractivity contribution in [3.63, 3.8) is 0 Å². The molecule has 7 atom stereocenters. The third-order valence-corrected chi connectivity index (χ3v) is 9.59. The fraction of sp³-hybridized carbons (Fsp3) is 0.794. The molecule has 0 aromatic heterocycles. The van der Waals surface area contributed by atoms with Crippen LogP contribution in [0.4, 0.5) is 0 Å². The maximum absolute atomic E-state index is 13.8. The highest BCUT2D eigenvalue weighted by atomic mass is 16.4. The summed E-state index contributed by atoms with van der Waals surface area (Å²) in [6.07, 6.45) is 5.30. The fourth-order valence-electron chi connectivity index (χ4n) is 6.57. The third kappa shape index (κ3) is 14.1. The highest BCUT2D eigenvalue weighted by molar-refractivity contribution is 5.97. The molecule has 0 radical (unpaired) electrons.